The van der Waals surface area contributed by atoms with Crippen molar-refractivity contribution in [2.75, 3.05) is 4.90 Å². The van der Waals surface area contributed by atoms with Crippen LogP contribution in [-0.4, -0.2) is 26.2 Å². The van der Waals surface area contributed by atoms with Gasteiger partial charge in [0, 0.05) is 0 Å². The summed E-state index contributed by atoms with van der Waals surface area (Å²) in [5.74, 6) is -2.65. The molecule has 1 aliphatic rings. The molecule has 4 rings (SSSR count). The van der Waals surface area contributed by atoms with Crippen molar-refractivity contribution in [3.8, 4) is 0 Å². The van der Waals surface area contributed by atoms with Gasteiger partial charge >= 0.3 is 0 Å². The highest BCUT2D eigenvalue weighted by molar-refractivity contribution is 7.91. The quantitative estimate of drug-likeness (QED) is 0.583. The Morgan fingerprint density at radius 3 is 2.19 bits per heavy atom. The first-order chi connectivity index (χ1) is 14.6. The number of fused-ring (bicyclic) bond motifs is 1. The number of hydrogen-bond donors (Lipinski definition) is 0. The van der Waals surface area contributed by atoms with Gasteiger partial charge in [-0.25, -0.2) is 13.3 Å². The summed E-state index contributed by atoms with van der Waals surface area (Å²) in [5, 5.41) is 11.1. The fraction of sp³-hybridized carbons (Fsp3) is 0.0870. The molecule has 156 valence electrons. The largest absolute Gasteiger partial charge is 0.545 e. The lowest BCUT2D eigenvalue weighted by molar-refractivity contribution is -0.255. The number of aryl methyl sites for hydroxylation is 2. The average Bonchev–Trinajstić information content (AvgIpc) is 2.98. The molecule has 3 aromatic carbocycles. The van der Waals surface area contributed by atoms with Gasteiger partial charge in [0.2, 0.25) is 9.84 Å². The van der Waals surface area contributed by atoms with Crippen molar-refractivity contribution < 1.29 is 27.9 Å². The lowest BCUT2D eigenvalue weighted by Gasteiger charge is -2.16. The summed E-state index contributed by atoms with van der Waals surface area (Å²) in [7, 11) is -4.13. The van der Waals surface area contributed by atoms with Crippen LogP contribution in [0.5, 0.6) is 0 Å². The molecule has 1 aliphatic heterocycles. The Morgan fingerprint density at radius 2 is 1.52 bits per heavy atom. The van der Waals surface area contributed by atoms with Gasteiger partial charge in [-0.15, -0.1) is 0 Å². The van der Waals surface area contributed by atoms with E-state index in [0.717, 1.165) is 28.2 Å². The van der Waals surface area contributed by atoms with Crippen LogP contribution in [0.3, 0.4) is 0 Å². The van der Waals surface area contributed by atoms with Crippen molar-refractivity contribution in [2.45, 2.75) is 23.6 Å². The zero-order chi connectivity index (χ0) is 22.5. The Balaban J connectivity index is 1.78. The monoisotopic (exact) mass is 434 g/mol. The third kappa shape index (κ3) is 3.30. The first-order valence-electron chi connectivity index (χ1n) is 9.28. The van der Waals surface area contributed by atoms with Gasteiger partial charge in [-0.1, -0.05) is 29.8 Å². The molecule has 0 aromatic heterocycles. The van der Waals surface area contributed by atoms with E-state index in [2.05, 4.69) is 0 Å². The highest BCUT2D eigenvalue weighted by Crippen LogP contribution is 2.33. The number of nitrogens with zero attached hydrogens (tertiary/aromatic N) is 1. The number of benzene rings is 3. The Morgan fingerprint density at radius 1 is 0.839 bits per heavy atom. The SMILES string of the molecule is Cc1ccc(N2C(=O)c3ccc(S(=O)(=O)c4cccc(C(=O)[O-])c4)cc3C2=O)c(C)c1. The van der Waals surface area contributed by atoms with Crippen LogP contribution in [0.1, 0.15) is 42.2 Å². The standard InChI is InChI=1S/C23H17NO6S/c1-13-6-9-20(14(2)10-13)24-21(25)18-8-7-17(12-19(18)22(24)26)31(29,30)16-5-3-4-15(11-16)23(27)28/h3-12H,1-2H3,(H,27,28)/p-1. The van der Waals surface area contributed by atoms with Crippen molar-refractivity contribution >= 4 is 33.3 Å². The Hall–Kier alpha value is -3.78. The van der Waals surface area contributed by atoms with Crippen LogP contribution >= 0.6 is 0 Å². The Bertz CT molecular complexity index is 1390. The second-order valence-electron chi connectivity index (χ2n) is 7.26. The van der Waals surface area contributed by atoms with Crippen LogP contribution in [0.15, 0.2) is 70.5 Å². The minimum absolute atomic E-state index is 0.0258. The van der Waals surface area contributed by atoms with Gasteiger partial charge in [-0.3, -0.25) is 9.59 Å². The van der Waals surface area contributed by atoms with E-state index in [1.807, 2.05) is 13.0 Å². The molecule has 0 aliphatic carbocycles. The van der Waals surface area contributed by atoms with Gasteiger partial charge in [0.1, 0.15) is 0 Å². The van der Waals surface area contributed by atoms with E-state index in [-0.39, 0.29) is 26.5 Å². The fourth-order valence-electron chi connectivity index (χ4n) is 3.59. The number of imide groups is 1. The second kappa shape index (κ2) is 7.17. The Labute approximate surface area is 178 Å². The van der Waals surface area contributed by atoms with E-state index in [4.69, 9.17) is 0 Å². The van der Waals surface area contributed by atoms with Crippen LogP contribution in [-0.2, 0) is 9.84 Å². The van der Waals surface area contributed by atoms with Gasteiger partial charge in [0.05, 0.1) is 32.6 Å². The maximum Gasteiger partial charge on any atom is 0.266 e. The maximum atomic E-state index is 13.0. The smallest absolute Gasteiger partial charge is 0.266 e. The molecular formula is C23H16NO6S-. The molecule has 0 saturated carbocycles. The molecule has 0 atom stereocenters. The van der Waals surface area contributed by atoms with Gasteiger partial charge in [-0.05, 0) is 61.4 Å². The highest BCUT2D eigenvalue weighted by atomic mass is 32.2. The van der Waals surface area contributed by atoms with Crippen molar-refractivity contribution in [3.63, 3.8) is 0 Å². The van der Waals surface area contributed by atoms with Crippen LogP contribution < -0.4 is 10.0 Å². The maximum absolute atomic E-state index is 13.0. The van der Waals surface area contributed by atoms with Crippen molar-refractivity contribution in [3.05, 3.63) is 88.5 Å². The first kappa shape index (κ1) is 20.5. The molecule has 0 bridgehead atoms. The van der Waals surface area contributed by atoms with Gasteiger partial charge in [-0.2, -0.15) is 0 Å². The molecular weight excluding hydrogens is 418 g/mol. The fourth-order valence-corrected chi connectivity index (χ4v) is 4.92. The number of anilines is 1. The van der Waals surface area contributed by atoms with E-state index in [1.165, 1.54) is 30.3 Å². The first-order valence-corrected chi connectivity index (χ1v) is 10.8. The summed E-state index contributed by atoms with van der Waals surface area (Å²) in [5.41, 5.74) is 1.94. The third-order valence-corrected chi connectivity index (χ3v) is 6.89. The summed E-state index contributed by atoms with van der Waals surface area (Å²) in [4.78, 5) is 37.5. The van der Waals surface area contributed by atoms with Crippen molar-refractivity contribution in [1.29, 1.82) is 0 Å². The van der Waals surface area contributed by atoms with Crippen LogP contribution in [0.4, 0.5) is 5.69 Å². The molecule has 0 unspecified atom stereocenters. The molecule has 7 nitrogen and oxygen atoms in total. The number of aromatic carboxylic acids is 1. The van der Waals surface area contributed by atoms with Crippen molar-refractivity contribution in [1.82, 2.24) is 0 Å². The molecule has 1 heterocycles. The number of carboxylic acids is 1. The number of carbonyl (C=O) groups is 3. The molecule has 0 radical (unpaired) electrons. The topological polar surface area (TPSA) is 112 Å². The van der Waals surface area contributed by atoms with Crippen LogP contribution in [0.2, 0.25) is 0 Å². The molecule has 0 N–H and O–H groups in total. The van der Waals surface area contributed by atoms with E-state index in [9.17, 15) is 27.9 Å². The zero-order valence-electron chi connectivity index (χ0n) is 16.6. The van der Waals surface area contributed by atoms with E-state index >= 15 is 0 Å². The molecule has 3 aromatic rings. The van der Waals surface area contributed by atoms with E-state index in [0.29, 0.717) is 5.69 Å². The lowest BCUT2D eigenvalue weighted by Crippen LogP contribution is -2.30. The summed E-state index contributed by atoms with van der Waals surface area (Å²) < 4.78 is 26.0. The number of carbonyl (C=O) groups excluding carboxylic acids is 3. The molecule has 8 heteroatoms. The zero-order valence-corrected chi connectivity index (χ0v) is 17.4. The third-order valence-electron chi connectivity index (χ3n) is 5.14. The number of amides is 2. The highest BCUT2D eigenvalue weighted by Gasteiger charge is 2.38. The number of sulfone groups is 1. The molecule has 0 fully saturated rings. The predicted octanol–water partition coefficient (Wildman–Crippen LogP) is 2.30. The van der Waals surface area contributed by atoms with Gasteiger partial charge in [0.15, 0.2) is 0 Å². The molecule has 2 amide bonds. The number of carboxylic acid groups (broad SMARTS) is 1. The molecule has 0 spiro atoms. The summed E-state index contributed by atoms with van der Waals surface area (Å²) >= 11 is 0. The number of hydrogen-bond acceptors (Lipinski definition) is 6. The van der Waals surface area contributed by atoms with Gasteiger partial charge in [0.25, 0.3) is 11.8 Å². The van der Waals surface area contributed by atoms with E-state index in [1.54, 1.807) is 19.1 Å². The predicted molar refractivity (Wildman–Crippen MR) is 110 cm³/mol. The molecule has 31 heavy (non-hydrogen) atoms. The summed E-state index contributed by atoms with van der Waals surface area (Å²) in [6, 6.07) is 13.8. The average molecular weight is 434 g/mol. The van der Waals surface area contributed by atoms with Crippen LogP contribution in [0.25, 0.3) is 0 Å². The lowest BCUT2D eigenvalue weighted by atomic mass is 10.1. The van der Waals surface area contributed by atoms with E-state index < -0.39 is 27.6 Å². The van der Waals surface area contributed by atoms with Gasteiger partial charge < -0.3 is 9.90 Å². The number of rotatable bonds is 4. The summed E-state index contributed by atoms with van der Waals surface area (Å²) in [6.45, 7) is 3.68. The molecule has 0 saturated heterocycles. The normalized spacial score (nSPS) is 13.4. The van der Waals surface area contributed by atoms with Crippen LogP contribution in [0, 0.1) is 13.8 Å². The minimum atomic E-state index is -4.13. The Kier molecular flexibility index (Phi) is 4.74. The van der Waals surface area contributed by atoms with Crippen molar-refractivity contribution in [2.24, 2.45) is 0 Å². The second-order valence-corrected chi connectivity index (χ2v) is 9.21. The minimum Gasteiger partial charge on any atom is -0.545 e. The summed E-state index contributed by atoms with van der Waals surface area (Å²) in [6.07, 6.45) is 0.